The van der Waals surface area contributed by atoms with Crippen LogP contribution in [0.25, 0.3) is 0 Å². The van der Waals surface area contributed by atoms with Crippen LogP contribution >= 0.6 is 113 Å². The van der Waals surface area contributed by atoms with Gasteiger partial charge < -0.3 is 9.84 Å². The maximum absolute atomic E-state index is 12.8. The van der Waals surface area contributed by atoms with Gasteiger partial charge in [-0.15, -0.1) is 0 Å². The highest BCUT2D eigenvalue weighted by Gasteiger charge is 2.22. The second-order valence-electron chi connectivity index (χ2n) is 6.13. The van der Waals surface area contributed by atoms with Gasteiger partial charge in [0.1, 0.15) is 18.1 Å². The molecule has 3 aromatic rings. The van der Waals surface area contributed by atoms with Crippen LogP contribution in [0.3, 0.4) is 0 Å². The number of hydrogen-bond acceptors (Lipinski definition) is 4. The van der Waals surface area contributed by atoms with E-state index in [-0.39, 0.29) is 11.3 Å². The number of hydrogen-bond donors (Lipinski definition) is 1. The summed E-state index contributed by atoms with van der Waals surface area (Å²) in [5.41, 5.74) is 1.63. The zero-order valence-corrected chi connectivity index (χ0v) is 25.7. The molecule has 0 aromatic heterocycles. The van der Waals surface area contributed by atoms with Crippen LogP contribution in [0.1, 0.15) is 26.3 Å². The maximum atomic E-state index is 12.8. The number of benzene rings is 3. The van der Waals surface area contributed by atoms with E-state index in [1.807, 2.05) is 63.4 Å². The van der Waals surface area contributed by atoms with Crippen molar-refractivity contribution in [1.82, 2.24) is 0 Å². The molecule has 0 heterocycles. The highest BCUT2D eigenvalue weighted by atomic mass is 127. The van der Waals surface area contributed by atoms with E-state index < -0.39 is 11.6 Å². The highest BCUT2D eigenvalue weighted by Crippen LogP contribution is 2.31. The maximum Gasteiger partial charge on any atom is 0.233 e. The van der Waals surface area contributed by atoms with Crippen molar-refractivity contribution in [2.45, 2.75) is 6.61 Å². The Hall–Kier alpha value is 0.250. The summed E-state index contributed by atoms with van der Waals surface area (Å²) < 4.78 is 9.70. The average molecular weight is 962 g/mol. The number of phenols is 1. The normalized spacial score (nSPS) is 10.7. The number of halogens is 5. The summed E-state index contributed by atoms with van der Waals surface area (Å²) in [6, 6.07) is 14.4. The van der Waals surface area contributed by atoms with Crippen LogP contribution in [0, 0.1) is 17.9 Å². The van der Waals surface area contributed by atoms with Crippen LogP contribution in [0.15, 0.2) is 48.5 Å². The van der Waals surface area contributed by atoms with Crippen LogP contribution in [-0.4, -0.2) is 16.7 Å². The first-order valence-electron chi connectivity index (χ1n) is 8.30. The van der Waals surface area contributed by atoms with E-state index in [1.165, 1.54) is 12.1 Å². The zero-order valence-electron chi connectivity index (χ0n) is 14.9. The van der Waals surface area contributed by atoms with E-state index in [0.717, 1.165) is 16.3 Å². The lowest BCUT2D eigenvalue weighted by Gasteiger charge is -2.12. The molecule has 0 spiro atoms. The Labute approximate surface area is 241 Å². The van der Waals surface area contributed by atoms with Gasteiger partial charge in [0.15, 0.2) is 0 Å². The lowest BCUT2D eigenvalue weighted by atomic mass is 10.0. The van der Waals surface area contributed by atoms with Crippen molar-refractivity contribution < 1.29 is 19.4 Å². The number of carbonyl (C=O) groups excluding carboxylic acids is 2. The molecular formula is C21H11I5O4. The molecule has 30 heavy (non-hydrogen) atoms. The summed E-state index contributed by atoms with van der Waals surface area (Å²) in [5.74, 6) is -0.399. The average Bonchev–Trinajstić information content (AvgIpc) is 2.69. The first kappa shape index (κ1) is 24.9. The molecule has 0 radical (unpaired) electrons. The first-order chi connectivity index (χ1) is 14.2. The summed E-state index contributed by atoms with van der Waals surface area (Å²) >= 11 is 10.4. The Morgan fingerprint density at radius 1 is 0.767 bits per heavy atom. The molecule has 0 bridgehead atoms. The van der Waals surface area contributed by atoms with E-state index in [4.69, 9.17) is 4.74 Å². The molecule has 1 N–H and O–H groups in total. The van der Waals surface area contributed by atoms with Crippen molar-refractivity contribution in [3.63, 3.8) is 0 Å². The SMILES string of the molecule is O=C(C(=O)c1cc(I)c(OCc2cccc(I)c2)c(I)c1)c1cc(I)c(O)c(I)c1. The molecule has 0 amide bonds. The predicted molar refractivity (Wildman–Crippen MR) is 158 cm³/mol. The molecule has 0 saturated carbocycles. The van der Waals surface area contributed by atoms with Gasteiger partial charge in [0, 0.05) is 14.7 Å². The Bertz CT molecular complexity index is 1110. The number of rotatable bonds is 6. The second kappa shape index (κ2) is 10.9. The van der Waals surface area contributed by atoms with Gasteiger partial charge in [-0.2, -0.15) is 0 Å². The number of ether oxygens (including phenoxy) is 1. The zero-order chi connectivity index (χ0) is 22.0. The summed E-state index contributed by atoms with van der Waals surface area (Å²) in [6.45, 7) is 0.416. The Morgan fingerprint density at radius 2 is 1.27 bits per heavy atom. The van der Waals surface area contributed by atoms with E-state index in [9.17, 15) is 14.7 Å². The van der Waals surface area contributed by atoms with Gasteiger partial charge in [-0.25, -0.2) is 0 Å². The van der Waals surface area contributed by atoms with Gasteiger partial charge >= 0.3 is 0 Å². The van der Waals surface area contributed by atoms with E-state index in [2.05, 4.69) is 73.8 Å². The molecule has 0 unspecified atom stereocenters. The van der Waals surface area contributed by atoms with Crippen molar-refractivity contribution in [1.29, 1.82) is 0 Å². The fraction of sp³-hybridized carbons (Fsp3) is 0.0476. The summed E-state index contributed by atoms with van der Waals surface area (Å²) in [4.78, 5) is 25.6. The molecule has 0 aliphatic carbocycles. The van der Waals surface area contributed by atoms with E-state index in [1.54, 1.807) is 12.1 Å². The number of phenolic OH excluding ortho intramolecular Hbond substituents is 1. The number of Topliss-reactive ketones (excluding diaryl/α,β-unsaturated/α-hetero) is 2. The third-order valence-corrected chi connectivity index (χ3v) is 7.94. The van der Waals surface area contributed by atoms with Crippen LogP contribution < -0.4 is 4.74 Å². The first-order valence-corrected chi connectivity index (χ1v) is 13.7. The van der Waals surface area contributed by atoms with Crippen molar-refractivity contribution in [2.75, 3.05) is 0 Å². The third kappa shape index (κ3) is 5.98. The standard InChI is InChI=1S/C21H11I5O4/c22-13-3-1-2-10(4-13)9-30-21-16(25)7-12(8-17(21)26)19(28)18(27)11-5-14(23)20(29)15(24)6-11/h1-8,29H,9H2. The molecule has 3 rings (SSSR count). The largest absolute Gasteiger partial charge is 0.506 e. The minimum Gasteiger partial charge on any atom is -0.506 e. The van der Waals surface area contributed by atoms with Gasteiger partial charge in [-0.1, -0.05) is 12.1 Å². The molecule has 0 aliphatic heterocycles. The molecule has 3 aromatic carbocycles. The van der Waals surface area contributed by atoms with Gasteiger partial charge in [0.25, 0.3) is 0 Å². The van der Waals surface area contributed by atoms with Crippen molar-refractivity contribution in [3.8, 4) is 11.5 Å². The lowest BCUT2D eigenvalue weighted by Crippen LogP contribution is -2.16. The molecule has 9 heteroatoms. The molecular weight excluding hydrogens is 951 g/mol. The molecule has 0 atom stereocenters. The van der Waals surface area contributed by atoms with Gasteiger partial charge in [-0.3, -0.25) is 9.59 Å². The second-order valence-corrected chi connectivity index (χ2v) is 12.0. The van der Waals surface area contributed by atoms with E-state index in [0.29, 0.717) is 25.1 Å². The number of ketones is 2. The molecule has 4 nitrogen and oxygen atoms in total. The smallest absolute Gasteiger partial charge is 0.233 e. The van der Waals surface area contributed by atoms with Crippen molar-refractivity contribution >= 4 is 125 Å². The van der Waals surface area contributed by atoms with Crippen LogP contribution in [-0.2, 0) is 6.61 Å². The lowest BCUT2D eigenvalue weighted by molar-refractivity contribution is 0.0816. The fourth-order valence-electron chi connectivity index (χ4n) is 2.57. The Kier molecular flexibility index (Phi) is 9.05. The minimum atomic E-state index is -0.607. The summed E-state index contributed by atoms with van der Waals surface area (Å²) in [6.07, 6.45) is 0. The van der Waals surface area contributed by atoms with Crippen molar-refractivity contribution in [2.24, 2.45) is 0 Å². The van der Waals surface area contributed by atoms with Gasteiger partial charge in [0.2, 0.25) is 11.6 Å². The third-order valence-electron chi connectivity index (χ3n) is 4.02. The fourth-order valence-corrected chi connectivity index (χ4v) is 7.03. The van der Waals surface area contributed by atoms with Crippen LogP contribution in [0.4, 0.5) is 0 Å². The topological polar surface area (TPSA) is 63.6 Å². The number of aromatic hydroxyl groups is 1. The quantitative estimate of drug-likeness (QED) is 0.164. The highest BCUT2D eigenvalue weighted by molar-refractivity contribution is 14.1. The Morgan fingerprint density at radius 3 is 1.77 bits per heavy atom. The molecule has 0 fully saturated rings. The summed E-state index contributed by atoms with van der Waals surface area (Å²) in [5, 5.41) is 9.89. The molecule has 0 saturated heterocycles. The monoisotopic (exact) mass is 962 g/mol. The molecule has 0 aliphatic rings. The van der Waals surface area contributed by atoms with E-state index >= 15 is 0 Å². The van der Waals surface area contributed by atoms with Crippen LogP contribution in [0.2, 0.25) is 0 Å². The predicted octanol–water partition coefficient (Wildman–Crippen LogP) is 7.06. The van der Waals surface area contributed by atoms with Crippen molar-refractivity contribution in [3.05, 3.63) is 83.1 Å². The minimum absolute atomic E-state index is 0.110. The molecule has 154 valence electrons. The summed E-state index contributed by atoms with van der Waals surface area (Å²) in [7, 11) is 0. The van der Waals surface area contributed by atoms with Crippen LogP contribution in [0.5, 0.6) is 11.5 Å². The van der Waals surface area contributed by atoms with Gasteiger partial charge in [-0.05, 0) is 155 Å². The van der Waals surface area contributed by atoms with Gasteiger partial charge in [0.05, 0.1) is 14.3 Å². The Balaban J connectivity index is 1.83. The number of carbonyl (C=O) groups is 2.